The van der Waals surface area contributed by atoms with E-state index in [-0.39, 0.29) is 16.9 Å². The first kappa shape index (κ1) is 17.1. The van der Waals surface area contributed by atoms with Crippen LogP contribution in [0, 0.1) is 10.1 Å². The molecule has 0 saturated heterocycles. The molecule has 0 aliphatic rings. The molecular weight excluding hydrogens is 332 g/mol. The van der Waals surface area contributed by atoms with Crippen LogP contribution in [0.15, 0.2) is 77.9 Å². The van der Waals surface area contributed by atoms with E-state index in [0.29, 0.717) is 12.0 Å². The number of carbonyl (C=O) groups excluding carboxylic acids is 1. The minimum Gasteiger partial charge on any atom is -0.393 e. The highest BCUT2D eigenvalue weighted by atomic mass is 16.6. The molecule has 2 aromatic carbocycles. The molecule has 1 aromatic heterocycles. The predicted molar refractivity (Wildman–Crippen MR) is 97.4 cm³/mol. The number of nitrogens with two attached hydrogens (primary N) is 1. The highest BCUT2D eigenvalue weighted by Gasteiger charge is 2.15. The fourth-order valence-corrected chi connectivity index (χ4v) is 2.49. The fourth-order valence-electron chi connectivity index (χ4n) is 2.49. The lowest BCUT2D eigenvalue weighted by Crippen LogP contribution is -2.22. The van der Waals surface area contributed by atoms with Crippen molar-refractivity contribution in [3.05, 3.63) is 99.7 Å². The number of nitrogens with zero attached hydrogens (tertiary/aromatic N) is 3. The van der Waals surface area contributed by atoms with Crippen molar-refractivity contribution in [3.63, 3.8) is 0 Å². The van der Waals surface area contributed by atoms with Crippen LogP contribution in [-0.4, -0.2) is 15.4 Å². The predicted octanol–water partition coefficient (Wildman–Crippen LogP) is 2.77. The van der Waals surface area contributed by atoms with Gasteiger partial charge in [-0.1, -0.05) is 36.4 Å². The molecule has 0 spiro atoms. The van der Waals surface area contributed by atoms with E-state index >= 15 is 0 Å². The third-order valence-corrected chi connectivity index (χ3v) is 3.80. The zero-order chi connectivity index (χ0) is 18.5. The Bertz CT molecular complexity index is 1030. The van der Waals surface area contributed by atoms with Crippen LogP contribution in [0.25, 0.3) is 0 Å². The minimum absolute atomic E-state index is 0.00500. The number of pyridine rings is 1. The maximum absolute atomic E-state index is 12.5. The summed E-state index contributed by atoms with van der Waals surface area (Å²) in [5, 5.41) is 11.0. The Balaban J connectivity index is 1.97. The molecule has 0 saturated carbocycles. The van der Waals surface area contributed by atoms with Crippen molar-refractivity contribution in [3.8, 4) is 0 Å². The van der Waals surface area contributed by atoms with Crippen LogP contribution in [0.2, 0.25) is 0 Å². The number of anilines is 1. The fraction of sp³-hybridized carbons (Fsp3) is 0.0526. The van der Waals surface area contributed by atoms with Crippen molar-refractivity contribution in [1.29, 1.82) is 0 Å². The average molecular weight is 348 g/mol. The van der Waals surface area contributed by atoms with Crippen LogP contribution in [0.1, 0.15) is 15.9 Å². The van der Waals surface area contributed by atoms with Crippen molar-refractivity contribution in [1.82, 2.24) is 4.57 Å². The first-order chi connectivity index (χ1) is 12.5. The summed E-state index contributed by atoms with van der Waals surface area (Å²) in [5.41, 5.74) is 6.90. The highest BCUT2D eigenvalue weighted by Crippen LogP contribution is 2.22. The standard InChI is InChI=1S/C19H16N4O3/c20-16-10-9-15(12-17(16)23(25)26)19(24)21-18-8-4-5-11-22(18)13-14-6-2-1-3-7-14/h1-12H,13,20H2. The minimum atomic E-state index is -0.621. The second-order valence-electron chi connectivity index (χ2n) is 5.62. The van der Waals surface area contributed by atoms with Gasteiger partial charge in [-0.15, -0.1) is 0 Å². The van der Waals surface area contributed by atoms with Gasteiger partial charge in [0, 0.05) is 24.4 Å². The lowest BCUT2D eigenvalue weighted by molar-refractivity contribution is -0.383. The summed E-state index contributed by atoms with van der Waals surface area (Å²) in [6.07, 6.45) is 1.82. The number of hydrogen-bond donors (Lipinski definition) is 1. The summed E-state index contributed by atoms with van der Waals surface area (Å²) >= 11 is 0. The Morgan fingerprint density at radius 2 is 1.81 bits per heavy atom. The number of hydrogen-bond acceptors (Lipinski definition) is 4. The van der Waals surface area contributed by atoms with Gasteiger partial charge < -0.3 is 10.3 Å². The van der Waals surface area contributed by atoms with Crippen LogP contribution in [-0.2, 0) is 6.54 Å². The largest absolute Gasteiger partial charge is 0.393 e. The summed E-state index contributed by atoms with van der Waals surface area (Å²) in [5.74, 6) is -0.568. The number of nitro benzene ring substituents is 1. The summed E-state index contributed by atoms with van der Waals surface area (Å²) in [4.78, 5) is 26.9. The van der Waals surface area contributed by atoms with Crippen LogP contribution in [0.4, 0.5) is 11.4 Å². The van der Waals surface area contributed by atoms with E-state index < -0.39 is 10.8 Å². The number of nitro groups is 1. The third kappa shape index (κ3) is 3.84. The zero-order valence-corrected chi connectivity index (χ0v) is 13.8. The molecule has 0 fully saturated rings. The van der Waals surface area contributed by atoms with Crippen LogP contribution in [0.3, 0.4) is 0 Å². The molecule has 0 radical (unpaired) electrons. The maximum atomic E-state index is 12.5. The Hall–Kier alpha value is -3.74. The van der Waals surface area contributed by atoms with Gasteiger partial charge in [-0.25, -0.2) is 0 Å². The van der Waals surface area contributed by atoms with Gasteiger partial charge in [0.2, 0.25) is 0 Å². The molecule has 0 aliphatic heterocycles. The third-order valence-electron chi connectivity index (χ3n) is 3.80. The molecule has 130 valence electrons. The summed E-state index contributed by atoms with van der Waals surface area (Å²) in [6, 6.07) is 19.0. The highest BCUT2D eigenvalue weighted by molar-refractivity contribution is 5.96. The van der Waals surface area contributed by atoms with Crippen molar-refractivity contribution >= 4 is 17.3 Å². The molecule has 0 aliphatic carbocycles. The van der Waals surface area contributed by atoms with Gasteiger partial charge in [0.25, 0.3) is 11.6 Å². The first-order valence-electron chi connectivity index (χ1n) is 7.87. The number of benzene rings is 2. The van der Waals surface area contributed by atoms with Gasteiger partial charge in [0.05, 0.1) is 4.92 Å². The summed E-state index contributed by atoms with van der Waals surface area (Å²) < 4.78 is 1.83. The normalized spacial score (nSPS) is 11.3. The lowest BCUT2D eigenvalue weighted by atomic mass is 10.1. The zero-order valence-electron chi connectivity index (χ0n) is 13.8. The van der Waals surface area contributed by atoms with E-state index in [4.69, 9.17) is 5.73 Å². The molecule has 2 N–H and O–H groups in total. The van der Waals surface area contributed by atoms with Crippen molar-refractivity contribution in [2.24, 2.45) is 4.99 Å². The van der Waals surface area contributed by atoms with Gasteiger partial charge in [-0.2, -0.15) is 4.99 Å². The van der Waals surface area contributed by atoms with Gasteiger partial charge in [0.15, 0.2) is 0 Å². The van der Waals surface area contributed by atoms with E-state index in [1.807, 2.05) is 47.2 Å². The average Bonchev–Trinajstić information content (AvgIpc) is 2.64. The SMILES string of the molecule is Nc1ccc(C(=O)N=c2ccccn2Cc2ccccc2)cc1[N+](=O)[O-]. The Labute approximate surface area is 149 Å². The number of rotatable bonds is 4. The van der Waals surface area contributed by atoms with Crippen molar-refractivity contribution in [2.45, 2.75) is 6.54 Å². The Morgan fingerprint density at radius 1 is 1.08 bits per heavy atom. The second kappa shape index (κ2) is 7.43. The van der Waals surface area contributed by atoms with E-state index in [0.717, 1.165) is 11.6 Å². The molecule has 7 heteroatoms. The van der Waals surface area contributed by atoms with Crippen LogP contribution < -0.4 is 11.2 Å². The van der Waals surface area contributed by atoms with Crippen LogP contribution in [0.5, 0.6) is 0 Å². The summed E-state index contributed by atoms with van der Waals surface area (Å²) in [7, 11) is 0. The monoisotopic (exact) mass is 348 g/mol. The van der Waals surface area contributed by atoms with Crippen LogP contribution >= 0.6 is 0 Å². The summed E-state index contributed by atoms with van der Waals surface area (Å²) in [6.45, 7) is 0.551. The molecular formula is C19H16N4O3. The molecule has 3 aromatic rings. The first-order valence-corrected chi connectivity index (χ1v) is 7.87. The topological polar surface area (TPSA) is 104 Å². The molecule has 3 rings (SSSR count). The molecule has 1 heterocycles. The number of amides is 1. The number of nitrogen functional groups attached to an aromatic ring is 1. The van der Waals surface area contributed by atoms with E-state index in [2.05, 4.69) is 4.99 Å². The molecule has 0 bridgehead atoms. The van der Waals surface area contributed by atoms with Gasteiger partial charge >= 0.3 is 0 Å². The van der Waals surface area contributed by atoms with E-state index in [9.17, 15) is 14.9 Å². The Kier molecular flexibility index (Phi) is 4.89. The number of carbonyl (C=O) groups is 1. The maximum Gasteiger partial charge on any atom is 0.292 e. The van der Waals surface area contributed by atoms with Gasteiger partial charge in [-0.3, -0.25) is 14.9 Å². The van der Waals surface area contributed by atoms with Crippen molar-refractivity contribution in [2.75, 3.05) is 5.73 Å². The second-order valence-corrected chi connectivity index (χ2v) is 5.62. The quantitative estimate of drug-likeness (QED) is 0.445. The smallest absolute Gasteiger partial charge is 0.292 e. The van der Waals surface area contributed by atoms with E-state index in [1.54, 1.807) is 12.1 Å². The molecule has 26 heavy (non-hydrogen) atoms. The molecule has 7 nitrogen and oxygen atoms in total. The lowest BCUT2D eigenvalue weighted by Gasteiger charge is -2.07. The van der Waals surface area contributed by atoms with E-state index in [1.165, 1.54) is 12.1 Å². The molecule has 0 atom stereocenters. The molecule has 1 amide bonds. The van der Waals surface area contributed by atoms with Gasteiger partial charge in [0.1, 0.15) is 11.2 Å². The van der Waals surface area contributed by atoms with Gasteiger partial charge in [-0.05, 0) is 29.8 Å². The molecule has 0 unspecified atom stereocenters. The number of aromatic nitrogens is 1. The Morgan fingerprint density at radius 3 is 2.54 bits per heavy atom. The van der Waals surface area contributed by atoms with Crippen molar-refractivity contribution < 1.29 is 9.72 Å².